The zero-order valence-corrected chi connectivity index (χ0v) is 11.2. The zero-order valence-electron chi connectivity index (χ0n) is 11.2. The fourth-order valence-electron chi connectivity index (χ4n) is 2.46. The standard InChI is InChI=1S/C15H17FN4/c16-12-2-4-13(5-3-12)19-14-6-10-20(11-7-14)15-17-8-1-9-18-15/h1-5,8-9,14,19H,6-7,10-11H2. The Kier molecular flexibility index (Phi) is 3.76. The van der Waals surface area contributed by atoms with Gasteiger partial charge in [-0.05, 0) is 43.2 Å². The van der Waals surface area contributed by atoms with Crippen molar-refractivity contribution in [1.29, 1.82) is 0 Å². The Morgan fingerprint density at radius 3 is 2.35 bits per heavy atom. The summed E-state index contributed by atoms with van der Waals surface area (Å²) in [4.78, 5) is 10.7. The number of nitrogens with one attached hydrogen (secondary N) is 1. The fourth-order valence-corrected chi connectivity index (χ4v) is 2.46. The predicted molar refractivity (Wildman–Crippen MR) is 77.3 cm³/mol. The second-order valence-electron chi connectivity index (χ2n) is 4.96. The van der Waals surface area contributed by atoms with Crippen molar-refractivity contribution in [2.75, 3.05) is 23.3 Å². The molecule has 4 nitrogen and oxygen atoms in total. The number of piperidine rings is 1. The highest BCUT2D eigenvalue weighted by Crippen LogP contribution is 2.19. The van der Waals surface area contributed by atoms with Crippen LogP contribution in [0.2, 0.25) is 0 Å². The summed E-state index contributed by atoms with van der Waals surface area (Å²) in [5, 5.41) is 3.45. The van der Waals surface area contributed by atoms with Crippen molar-refractivity contribution in [2.24, 2.45) is 0 Å². The molecule has 0 atom stereocenters. The lowest BCUT2D eigenvalue weighted by atomic mass is 10.0. The van der Waals surface area contributed by atoms with Gasteiger partial charge in [-0.3, -0.25) is 0 Å². The van der Waals surface area contributed by atoms with Crippen LogP contribution in [0.15, 0.2) is 42.7 Å². The quantitative estimate of drug-likeness (QED) is 0.932. The number of hydrogen-bond donors (Lipinski definition) is 1. The molecule has 1 fully saturated rings. The van der Waals surface area contributed by atoms with Gasteiger partial charge in [-0.15, -0.1) is 0 Å². The van der Waals surface area contributed by atoms with Gasteiger partial charge >= 0.3 is 0 Å². The zero-order chi connectivity index (χ0) is 13.8. The molecule has 0 saturated carbocycles. The molecule has 2 heterocycles. The maximum atomic E-state index is 12.9. The summed E-state index contributed by atoms with van der Waals surface area (Å²) in [5.74, 6) is 0.597. The van der Waals surface area contributed by atoms with Crippen LogP contribution >= 0.6 is 0 Å². The lowest BCUT2D eigenvalue weighted by molar-refractivity contribution is 0.520. The molecule has 0 spiro atoms. The van der Waals surface area contributed by atoms with Crippen molar-refractivity contribution in [3.63, 3.8) is 0 Å². The van der Waals surface area contributed by atoms with Gasteiger partial charge < -0.3 is 10.2 Å². The van der Waals surface area contributed by atoms with Crippen LogP contribution in [0.5, 0.6) is 0 Å². The average Bonchev–Trinajstić information content (AvgIpc) is 2.51. The van der Waals surface area contributed by atoms with Gasteiger partial charge in [0.25, 0.3) is 0 Å². The molecule has 1 N–H and O–H groups in total. The minimum absolute atomic E-state index is 0.202. The van der Waals surface area contributed by atoms with Crippen molar-refractivity contribution in [3.05, 3.63) is 48.5 Å². The van der Waals surface area contributed by atoms with Gasteiger partial charge in [0.2, 0.25) is 5.95 Å². The van der Waals surface area contributed by atoms with Gasteiger partial charge in [-0.2, -0.15) is 0 Å². The lowest BCUT2D eigenvalue weighted by Gasteiger charge is -2.32. The Morgan fingerprint density at radius 2 is 1.70 bits per heavy atom. The SMILES string of the molecule is Fc1ccc(NC2CCN(c3ncccn3)CC2)cc1. The summed E-state index contributed by atoms with van der Waals surface area (Å²) >= 11 is 0. The van der Waals surface area contributed by atoms with Crippen LogP contribution in [-0.4, -0.2) is 29.1 Å². The van der Waals surface area contributed by atoms with E-state index in [1.54, 1.807) is 24.5 Å². The molecule has 1 saturated heterocycles. The van der Waals surface area contributed by atoms with E-state index in [4.69, 9.17) is 0 Å². The van der Waals surface area contributed by atoms with Gasteiger partial charge in [0.05, 0.1) is 0 Å². The van der Waals surface area contributed by atoms with Crippen molar-refractivity contribution in [2.45, 2.75) is 18.9 Å². The topological polar surface area (TPSA) is 41.0 Å². The van der Waals surface area contributed by atoms with Gasteiger partial charge in [0.15, 0.2) is 0 Å². The van der Waals surface area contributed by atoms with Crippen LogP contribution in [0.1, 0.15) is 12.8 Å². The number of benzene rings is 1. The molecule has 1 aromatic carbocycles. The van der Waals surface area contributed by atoms with E-state index >= 15 is 0 Å². The molecule has 0 bridgehead atoms. The fraction of sp³-hybridized carbons (Fsp3) is 0.333. The molecule has 5 heteroatoms. The average molecular weight is 272 g/mol. The molecule has 1 aliphatic heterocycles. The highest BCUT2D eigenvalue weighted by molar-refractivity contribution is 5.44. The number of halogens is 1. The Bertz CT molecular complexity index is 536. The number of aromatic nitrogens is 2. The molecule has 1 aromatic heterocycles. The van der Waals surface area contributed by atoms with Crippen LogP contribution in [-0.2, 0) is 0 Å². The van der Waals surface area contributed by atoms with Gasteiger partial charge in [-0.1, -0.05) is 0 Å². The van der Waals surface area contributed by atoms with E-state index in [2.05, 4.69) is 20.2 Å². The highest BCUT2D eigenvalue weighted by atomic mass is 19.1. The monoisotopic (exact) mass is 272 g/mol. The molecule has 0 unspecified atom stereocenters. The predicted octanol–water partition coefficient (Wildman–Crippen LogP) is 2.70. The normalized spacial score (nSPS) is 16.1. The van der Waals surface area contributed by atoms with E-state index in [1.807, 2.05) is 6.07 Å². The first-order chi connectivity index (χ1) is 9.81. The Labute approximate surface area is 117 Å². The summed E-state index contributed by atoms with van der Waals surface area (Å²) < 4.78 is 12.9. The van der Waals surface area contributed by atoms with E-state index in [0.717, 1.165) is 37.6 Å². The van der Waals surface area contributed by atoms with Crippen LogP contribution in [0.3, 0.4) is 0 Å². The Balaban J connectivity index is 1.55. The molecule has 104 valence electrons. The summed E-state index contributed by atoms with van der Waals surface area (Å²) in [6, 6.07) is 8.77. The third-order valence-electron chi connectivity index (χ3n) is 3.54. The van der Waals surface area contributed by atoms with Gasteiger partial charge in [0, 0.05) is 37.2 Å². The number of rotatable bonds is 3. The van der Waals surface area contributed by atoms with Crippen molar-refractivity contribution in [1.82, 2.24) is 9.97 Å². The van der Waals surface area contributed by atoms with Gasteiger partial charge in [0.1, 0.15) is 5.82 Å². The Hall–Kier alpha value is -2.17. The highest BCUT2D eigenvalue weighted by Gasteiger charge is 2.20. The van der Waals surface area contributed by atoms with Crippen molar-refractivity contribution in [3.8, 4) is 0 Å². The molecular formula is C15H17FN4. The summed E-state index contributed by atoms with van der Waals surface area (Å²) in [6.07, 6.45) is 5.58. The Morgan fingerprint density at radius 1 is 1.05 bits per heavy atom. The molecule has 0 amide bonds. The van der Waals surface area contributed by atoms with Crippen molar-refractivity contribution < 1.29 is 4.39 Å². The third kappa shape index (κ3) is 3.04. The molecule has 3 rings (SSSR count). The number of anilines is 2. The molecule has 20 heavy (non-hydrogen) atoms. The summed E-state index contributed by atoms with van der Waals surface area (Å²) in [5.41, 5.74) is 0.973. The minimum Gasteiger partial charge on any atom is -0.382 e. The number of nitrogens with zero attached hydrogens (tertiary/aromatic N) is 3. The second kappa shape index (κ2) is 5.86. The van der Waals surface area contributed by atoms with Gasteiger partial charge in [-0.25, -0.2) is 14.4 Å². The van der Waals surface area contributed by atoms with E-state index < -0.39 is 0 Å². The first kappa shape index (κ1) is 12.8. The van der Waals surface area contributed by atoms with Crippen molar-refractivity contribution >= 4 is 11.6 Å². The summed E-state index contributed by atoms with van der Waals surface area (Å²) in [6.45, 7) is 1.87. The second-order valence-corrected chi connectivity index (χ2v) is 4.96. The smallest absolute Gasteiger partial charge is 0.225 e. The third-order valence-corrected chi connectivity index (χ3v) is 3.54. The maximum absolute atomic E-state index is 12.9. The first-order valence-corrected chi connectivity index (χ1v) is 6.85. The van der Waals surface area contributed by atoms with E-state index in [0.29, 0.717) is 6.04 Å². The molecule has 1 aliphatic rings. The molecular weight excluding hydrogens is 255 g/mol. The lowest BCUT2D eigenvalue weighted by Crippen LogP contribution is -2.39. The number of hydrogen-bond acceptors (Lipinski definition) is 4. The minimum atomic E-state index is -0.202. The largest absolute Gasteiger partial charge is 0.382 e. The van der Waals surface area contributed by atoms with E-state index in [-0.39, 0.29) is 5.82 Å². The first-order valence-electron chi connectivity index (χ1n) is 6.85. The van der Waals surface area contributed by atoms with Crippen LogP contribution in [0.25, 0.3) is 0 Å². The maximum Gasteiger partial charge on any atom is 0.225 e. The van der Waals surface area contributed by atoms with Crippen LogP contribution in [0, 0.1) is 5.82 Å². The van der Waals surface area contributed by atoms with E-state index in [1.165, 1.54) is 12.1 Å². The molecule has 0 aliphatic carbocycles. The molecule has 2 aromatic rings. The van der Waals surface area contributed by atoms with Crippen LogP contribution < -0.4 is 10.2 Å². The molecule has 0 radical (unpaired) electrons. The van der Waals surface area contributed by atoms with E-state index in [9.17, 15) is 4.39 Å². The summed E-state index contributed by atoms with van der Waals surface area (Å²) in [7, 11) is 0. The van der Waals surface area contributed by atoms with Crippen LogP contribution in [0.4, 0.5) is 16.0 Å².